The van der Waals surface area contributed by atoms with E-state index in [9.17, 15) is 0 Å². The van der Waals surface area contributed by atoms with Crippen molar-refractivity contribution in [3.05, 3.63) is 11.8 Å². The number of anilines is 1. The molecule has 1 aliphatic rings. The smallest absolute Gasteiger partial charge is 0.298 e. The van der Waals surface area contributed by atoms with Crippen LogP contribution in [0, 0.1) is 0 Å². The van der Waals surface area contributed by atoms with Crippen LogP contribution in [0.5, 0.6) is 0 Å². The zero-order chi connectivity index (χ0) is 12.4. The first-order chi connectivity index (χ1) is 8.86. The molecular weight excluding hydrogens is 236 g/mol. The van der Waals surface area contributed by atoms with Gasteiger partial charge in [-0.3, -0.25) is 0 Å². The first-order valence-corrected chi connectivity index (χ1v) is 5.90. The number of rotatable bonds is 4. The van der Waals surface area contributed by atoms with E-state index in [1.165, 1.54) is 12.8 Å². The maximum Gasteiger partial charge on any atom is 0.298 e. The number of hydrogen-bond acceptors (Lipinski definition) is 7. The van der Waals surface area contributed by atoms with Crippen molar-refractivity contribution < 1.29 is 13.8 Å². The molecule has 1 saturated heterocycles. The van der Waals surface area contributed by atoms with Gasteiger partial charge in [-0.2, -0.15) is 4.98 Å². The molecule has 3 rings (SSSR count). The third-order valence-corrected chi connectivity index (χ3v) is 2.87. The lowest BCUT2D eigenvalue weighted by atomic mass is 10.4. The Labute approximate surface area is 104 Å². The molecule has 0 N–H and O–H groups in total. The molecule has 0 aromatic carbocycles. The lowest BCUT2D eigenvalue weighted by Crippen LogP contribution is -2.18. The Balaban J connectivity index is 1.78. The second-order valence-electron chi connectivity index (χ2n) is 4.21. The van der Waals surface area contributed by atoms with Gasteiger partial charge in [0.25, 0.3) is 11.8 Å². The van der Waals surface area contributed by atoms with Crippen molar-refractivity contribution in [3.63, 3.8) is 0 Å². The molecule has 0 radical (unpaired) electrons. The van der Waals surface area contributed by atoms with E-state index in [1.807, 2.05) is 0 Å². The van der Waals surface area contributed by atoms with Crippen LogP contribution in [0.1, 0.15) is 18.5 Å². The van der Waals surface area contributed by atoms with E-state index >= 15 is 0 Å². The van der Waals surface area contributed by atoms with Crippen LogP contribution in [0.4, 0.5) is 5.95 Å². The van der Waals surface area contributed by atoms with E-state index in [1.54, 1.807) is 13.2 Å². The predicted octanol–water partition coefficient (Wildman–Crippen LogP) is 1.47. The fourth-order valence-electron chi connectivity index (χ4n) is 1.99. The van der Waals surface area contributed by atoms with Gasteiger partial charge in [-0.15, -0.1) is 0 Å². The average Bonchev–Trinajstić information content (AvgIpc) is 3.10. The van der Waals surface area contributed by atoms with E-state index in [-0.39, 0.29) is 0 Å². The van der Waals surface area contributed by atoms with Gasteiger partial charge in [0.1, 0.15) is 5.69 Å². The Morgan fingerprint density at radius 2 is 2.11 bits per heavy atom. The molecule has 0 amide bonds. The van der Waals surface area contributed by atoms with E-state index in [0.717, 1.165) is 13.1 Å². The summed E-state index contributed by atoms with van der Waals surface area (Å²) in [7, 11) is 1.60. The number of nitrogens with zero attached hydrogens (tertiary/aromatic N) is 4. The molecule has 3 heterocycles. The first-order valence-electron chi connectivity index (χ1n) is 5.90. The molecule has 18 heavy (non-hydrogen) atoms. The second-order valence-corrected chi connectivity index (χ2v) is 4.21. The standard InChI is InChI=1S/C11H14N4O3/c1-16-7-8-6-9(17-13-8)10-12-11(14-18-10)15-4-2-3-5-15/h6H,2-5,7H2,1H3. The second kappa shape index (κ2) is 4.77. The quantitative estimate of drug-likeness (QED) is 0.813. The first kappa shape index (κ1) is 11.2. The van der Waals surface area contributed by atoms with Crippen molar-refractivity contribution in [1.29, 1.82) is 0 Å². The molecule has 0 spiro atoms. The Hall–Kier alpha value is -1.89. The summed E-state index contributed by atoms with van der Waals surface area (Å²) in [6.45, 7) is 2.35. The monoisotopic (exact) mass is 250 g/mol. The minimum Gasteiger partial charge on any atom is -0.378 e. The van der Waals surface area contributed by atoms with Crippen LogP contribution in [-0.2, 0) is 11.3 Å². The Morgan fingerprint density at radius 3 is 2.89 bits per heavy atom. The summed E-state index contributed by atoms with van der Waals surface area (Å²) in [6, 6.07) is 1.74. The van der Waals surface area contributed by atoms with Gasteiger partial charge in [0.15, 0.2) is 0 Å². The van der Waals surface area contributed by atoms with Crippen LogP contribution in [0.3, 0.4) is 0 Å². The highest BCUT2D eigenvalue weighted by molar-refractivity contribution is 5.47. The van der Waals surface area contributed by atoms with Gasteiger partial charge < -0.3 is 18.7 Å². The highest BCUT2D eigenvalue weighted by Gasteiger charge is 2.20. The summed E-state index contributed by atoms with van der Waals surface area (Å²) >= 11 is 0. The average molecular weight is 250 g/mol. The summed E-state index contributed by atoms with van der Waals surface area (Å²) < 4.78 is 15.3. The minimum atomic E-state index is 0.353. The lowest BCUT2D eigenvalue weighted by molar-refractivity contribution is 0.177. The van der Waals surface area contributed by atoms with Crippen molar-refractivity contribution in [3.8, 4) is 11.7 Å². The fraction of sp³-hybridized carbons (Fsp3) is 0.545. The zero-order valence-corrected chi connectivity index (χ0v) is 10.1. The van der Waals surface area contributed by atoms with Crippen molar-refractivity contribution in [2.45, 2.75) is 19.4 Å². The number of methoxy groups -OCH3 is 1. The summed E-state index contributed by atoms with van der Waals surface area (Å²) in [5, 5.41) is 7.80. The van der Waals surface area contributed by atoms with Crippen LogP contribution < -0.4 is 4.90 Å². The number of ether oxygens (including phenoxy) is 1. The van der Waals surface area contributed by atoms with Crippen LogP contribution in [-0.4, -0.2) is 35.5 Å². The van der Waals surface area contributed by atoms with Crippen molar-refractivity contribution >= 4 is 5.95 Å². The predicted molar refractivity (Wildman–Crippen MR) is 62.0 cm³/mol. The molecule has 0 saturated carbocycles. The molecule has 0 bridgehead atoms. The van der Waals surface area contributed by atoms with Gasteiger partial charge in [0.05, 0.1) is 6.61 Å². The van der Waals surface area contributed by atoms with E-state index in [2.05, 4.69) is 20.2 Å². The molecule has 1 fully saturated rings. The molecular formula is C11H14N4O3. The van der Waals surface area contributed by atoms with E-state index < -0.39 is 0 Å². The summed E-state index contributed by atoms with van der Waals surface area (Å²) in [5.74, 6) is 1.44. The van der Waals surface area contributed by atoms with E-state index in [4.69, 9.17) is 13.8 Å². The SMILES string of the molecule is COCc1cc(-c2nc(N3CCCC3)no2)on1. The molecule has 0 atom stereocenters. The van der Waals surface area contributed by atoms with Gasteiger partial charge in [-0.1, -0.05) is 5.16 Å². The van der Waals surface area contributed by atoms with Gasteiger partial charge in [-0.25, -0.2) is 0 Å². The Kier molecular flexibility index (Phi) is 2.97. The van der Waals surface area contributed by atoms with Crippen molar-refractivity contribution in [2.24, 2.45) is 0 Å². The normalized spacial score (nSPS) is 15.5. The molecule has 7 nitrogen and oxygen atoms in total. The molecule has 2 aromatic heterocycles. The number of aromatic nitrogens is 3. The molecule has 1 aliphatic heterocycles. The maximum atomic E-state index is 5.18. The van der Waals surface area contributed by atoms with Crippen LogP contribution in [0.25, 0.3) is 11.7 Å². The molecule has 2 aromatic rings. The van der Waals surface area contributed by atoms with E-state index in [0.29, 0.717) is 29.9 Å². The largest absolute Gasteiger partial charge is 0.378 e. The minimum absolute atomic E-state index is 0.353. The van der Waals surface area contributed by atoms with Crippen molar-refractivity contribution in [1.82, 2.24) is 15.3 Å². The van der Waals surface area contributed by atoms with Gasteiger partial charge >= 0.3 is 0 Å². The highest BCUT2D eigenvalue weighted by Crippen LogP contribution is 2.23. The third kappa shape index (κ3) is 2.08. The van der Waals surface area contributed by atoms with Gasteiger partial charge in [0.2, 0.25) is 5.76 Å². The van der Waals surface area contributed by atoms with Gasteiger partial charge in [0, 0.05) is 26.3 Å². The van der Waals surface area contributed by atoms with Crippen molar-refractivity contribution in [2.75, 3.05) is 25.1 Å². The third-order valence-electron chi connectivity index (χ3n) is 2.87. The molecule has 7 heteroatoms. The summed E-state index contributed by atoms with van der Waals surface area (Å²) in [5.41, 5.74) is 0.702. The van der Waals surface area contributed by atoms with Crippen LogP contribution in [0.2, 0.25) is 0 Å². The summed E-state index contributed by atoms with van der Waals surface area (Å²) in [6.07, 6.45) is 2.34. The zero-order valence-electron chi connectivity index (χ0n) is 10.1. The lowest BCUT2D eigenvalue weighted by Gasteiger charge is -2.09. The Morgan fingerprint density at radius 1 is 1.28 bits per heavy atom. The summed E-state index contributed by atoms with van der Waals surface area (Å²) in [4.78, 5) is 6.41. The molecule has 0 unspecified atom stereocenters. The van der Waals surface area contributed by atoms with Crippen LogP contribution in [0.15, 0.2) is 15.1 Å². The topological polar surface area (TPSA) is 77.4 Å². The number of hydrogen-bond donors (Lipinski definition) is 0. The van der Waals surface area contributed by atoms with Gasteiger partial charge in [-0.05, 0) is 18.0 Å². The molecule has 96 valence electrons. The highest BCUT2D eigenvalue weighted by atomic mass is 16.5. The Bertz CT molecular complexity index is 516. The molecule has 0 aliphatic carbocycles. The fourth-order valence-corrected chi connectivity index (χ4v) is 1.99. The maximum absolute atomic E-state index is 5.18. The van der Waals surface area contributed by atoms with Crippen LogP contribution >= 0.6 is 0 Å².